The molecule has 2 aromatic carbocycles. The Hall–Kier alpha value is -2.18. The maximum atomic E-state index is 13.1. The molecule has 0 aliphatic carbocycles. The Bertz CT molecular complexity index is 895. The Labute approximate surface area is 169 Å². The molecule has 2 heterocycles. The van der Waals surface area contributed by atoms with Crippen LogP contribution < -0.4 is 0 Å². The molecule has 0 radical (unpaired) electrons. The van der Waals surface area contributed by atoms with Crippen LogP contribution in [0, 0.1) is 5.82 Å². The second-order valence-corrected chi connectivity index (χ2v) is 8.32. The molecule has 1 aromatic heterocycles. The lowest BCUT2D eigenvalue weighted by Gasteiger charge is -2.32. The fourth-order valence-corrected chi connectivity index (χ4v) is 4.66. The first-order valence-electron chi connectivity index (χ1n) is 9.72. The second kappa shape index (κ2) is 8.88. The van der Waals surface area contributed by atoms with Gasteiger partial charge >= 0.3 is 0 Å². The van der Waals surface area contributed by atoms with Crippen LogP contribution >= 0.6 is 11.8 Å². The minimum atomic E-state index is -0.181. The van der Waals surface area contributed by atoms with E-state index < -0.39 is 0 Å². The molecule has 1 saturated heterocycles. The van der Waals surface area contributed by atoms with Gasteiger partial charge in [0.15, 0.2) is 5.16 Å². The maximum Gasteiger partial charge on any atom is 0.191 e. The van der Waals surface area contributed by atoms with E-state index in [9.17, 15) is 4.39 Å². The topological polar surface area (TPSA) is 34.0 Å². The number of rotatable bonds is 6. The van der Waals surface area contributed by atoms with Crippen LogP contribution in [0.5, 0.6) is 0 Å². The minimum absolute atomic E-state index is 0.181. The zero-order valence-corrected chi connectivity index (χ0v) is 16.9. The molecule has 1 aliphatic heterocycles. The molecular weight excluding hydrogens is 371 g/mol. The van der Waals surface area contributed by atoms with Crippen LogP contribution in [0.25, 0.3) is 0 Å². The Balaban J connectivity index is 1.39. The number of aromatic nitrogens is 3. The molecule has 0 saturated carbocycles. The summed E-state index contributed by atoms with van der Waals surface area (Å²) in [6.07, 6.45) is 2.28. The Kier molecular flexibility index (Phi) is 6.07. The van der Waals surface area contributed by atoms with Gasteiger partial charge in [-0.2, -0.15) is 0 Å². The van der Waals surface area contributed by atoms with E-state index in [4.69, 9.17) is 0 Å². The van der Waals surface area contributed by atoms with E-state index in [0.717, 1.165) is 54.8 Å². The summed E-state index contributed by atoms with van der Waals surface area (Å²) in [5.74, 6) is 2.17. The second-order valence-electron chi connectivity index (χ2n) is 7.37. The van der Waals surface area contributed by atoms with E-state index in [0.29, 0.717) is 5.92 Å². The van der Waals surface area contributed by atoms with Gasteiger partial charge in [-0.05, 0) is 42.6 Å². The summed E-state index contributed by atoms with van der Waals surface area (Å²) in [6.45, 7) is 2.89. The Morgan fingerprint density at radius 3 is 2.61 bits per heavy atom. The molecule has 1 atom stereocenters. The van der Waals surface area contributed by atoms with Crippen molar-refractivity contribution < 1.29 is 4.39 Å². The highest BCUT2D eigenvalue weighted by atomic mass is 32.2. The van der Waals surface area contributed by atoms with E-state index in [1.165, 1.54) is 17.7 Å². The van der Waals surface area contributed by atoms with Gasteiger partial charge in [0.25, 0.3) is 0 Å². The van der Waals surface area contributed by atoms with Crippen LogP contribution in [0.4, 0.5) is 4.39 Å². The van der Waals surface area contributed by atoms with E-state index in [-0.39, 0.29) is 5.82 Å². The molecule has 0 spiro atoms. The van der Waals surface area contributed by atoms with Gasteiger partial charge in [0.05, 0.1) is 0 Å². The molecule has 1 fully saturated rings. The van der Waals surface area contributed by atoms with Gasteiger partial charge in [-0.25, -0.2) is 4.39 Å². The van der Waals surface area contributed by atoms with Crippen LogP contribution in [-0.2, 0) is 19.3 Å². The normalized spacial score (nSPS) is 17.7. The van der Waals surface area contributed by atoms with Gasteiger partial charge in [0.1, 0.15) is 11.6 Å². The van der Waals surface area contributed by atoms with Gasteiger partial charge in [-0.1, -0.05) is 54.2 Å². The Morgan fingerprint density at radius 2 is 1.82 bits per heavy atom. The third kappa shape index (κ3) is 4.62. The highest BCUT2D eigenvalue weighted by molar-refractivity contribution is 7.98. The molecule has 4 rings (SSSR count). The fraction of sp³-hybridized carbons (Fsp3) is 0.364. The van der Waals surface area contributed by atoms with Crippen molar-refractivity contribution in [1.82, 2.24) is 19.7 Å². The largest absolute Gasteiger partial charge is 0.309 e. The van der Waals surface area contributed by atoms with E-state index in [2.05, 4.69) is 51.0 Å². The summed E-state index contributed by atoms with van der Waals surface area (Å²) in [5, 5.41) is 9.93. The number of hydrogen-bond acceptors (Lipinski definition) is 4. The SMILES string of the molecule is Cn1c(SCc2ccccc2)nnc1C1CCCN(Cc2ccc(F)cc2)C1. The first-order chi connectivity index (χ1) is 13.7. The fourth-order valence-electron chi connectivity index (χ4n) is 3.79. The first kappa shape index (κ1) is 19.2. The van der Waals surface area contributed by atoms with Gasteiger partial charge in [-0.15, -0.1) is 10.2 Å². The van der Waals surface area contributed by atoms with Crippen LogP contribution in [0.1, 0.15) is 35.7 Å². The number of likely N-dealkylation sites (tertiary alicyclic amines) is 1. The number of hydrogen-bond donors (Lipinski definition) is 0. The number of thioether (sulfide) groups is 1. The smallest absolute Gasteiger partial charge is 0.191 e. The molecule has 0 amide bonds. The number of piperidine rings is 1. The van der Waals surface area contributed by atoms with Crippen molar-refractivity contribution in [1.29, 1.82) is 0 Å². The zero-order valence-electron chi connectivity index (χ0n) is 16.1. The van der Waals surface area contributed by atoms with Crippen molar-refractivity contribution in [2.75, 3.05) is 13.1 Å². The maximum absolute atomic E-state index is 13.1. The lowest BCUT2D eigenvalue weighted by Crippen LogP contribution is -2.34. The predicted octanol–water partition coefficient (Wildman–Crippen LogP) is 4.63. The zero-order chi connectivity index (χ0) is 19.3. The van der Waals surface area contributed by atoms with Gasteiger partial charge < -0.3 is 4.57 Å². The van der Waals surface area contributed by atoms with E-state index >= 15 is 0 Å². The van der Waals surface area contributed by atoms with Crippen molar-refractivity contribution in [3.8, 4) is 0 Å². The molecule has 146 valence electrons. The van der Waals surface area contributed by atoms with Crippen molar-refractivity contribution in [2.24, 2.45) is 7.05 Å². The monoisotopic (exact) mass is 396 g/mol. The standard InChI is InChI=1S/C22H25FN4S/c1-26-21(24-25-22(26)28-16-18-6-3-2-4-7-18)19-8-5-13-27(15-19)14-17-9-11-20(23)12-10-17/h2-4,6-7,9-12,19H,5,8,13-16H2,1H3. The molecule has 28 heavy (non-hydrogen) atoms. The van der Waals surface area contributed by atoms with Crippen molar-refractivity contribution in [3.63, 3.8) is 0 Å². The molecule has 0 N–H and O–H groups in total. The summed E-state index contributed by atoms with van der Waals surface area (Å²) < 4.78 is 15.3. The third-order valence-electron chi connectivity index (χ3n) is 5.27. The quantitative estimate of drug-likeness (QED) is 0.569. The summed E-state index contributed by atoms with van der Waals surface area (Å²) in [6, 6.07) is 17.3. The third-order valence-corrected chi connectivity index (χ3v) is 6.36. The summed E-state index contributed by atoms with van der Waals surface area (Å²) in [5.41, 5.74) is 2.44. The summed E-state index contributed by atoms with van der Waals surface area (Å²) >= 11 is 1.73. The van der Waals surface area contributed by atoms with Crippen molar-refractivity contribution in [3.05, 3.63) is 77.4 Å². The lowest BCUT2D eigenvalue weighted by atomic mass is 9.96. The molecule has 3 aromatic rings. The molecule has 4 nitrogen and oxygen atoms in total. The number of nitrogens with zero attached hydrogens (tertiary/aromatic N) is 4. The predicted molar refractivity (Wildman–Crippen MR) is 111 cm³/mol. The molecule has 6 heteroatoms. The number of halogens is 1. The molecule has 1 unspecified atom stereocenters. The van der Waals surface area contributed by atoms with E-state index in [1.807, 2.05) is 18.2 Å². The van der Waals surface area contributed by atoms with Crippen molar-refractivity contribution in [2.45, 2.75) is 36.2 Å². The number of benzene rings is 2. The Morgan fingerprint density at radius 1 is 1.04 bits per heavy atom. The molecular formula is C22H25FN4S. The summed E-state index contributed by atoms with van der Waals surface area (Å²) in [4.78, 5) is 2.44. The highest BCUT2D eigenvalue weighted by Crippen LogP contribution is 2.29. The average molecular weight is 397 g/mol. The average Bonchev–Trinajstić information content (AvgIpc) is 3.10. The van der Waals surface area contributed by atoms with Crippen LogP contribution in [-0.4, -0.2) is 32.8 Å². The lowest BCUT2D eigenvalue weighted by molar-refractivity contribution is 0.195. The van der Waals surface area contributed by atoms with Crippen LogP contribution in [0.3, 0.4) is 0 Å². The first-order valence-corrected chi connectivity index (χ1v) is 10.7. The molecule has 0 bridgehead atoms. The van der Waals surface area contributed by atoms with Crippen LogP contribution in [0.2, 0.25) is 0 Å². The van der Waals surface area contributed by atoms with Crippen molar-refractivity contribution >= 4 is 11.8 Å². The van der Waals surface area contributed by atoms with Gasteiger partial charge in [-0.3, -0.25) is 4.90 Å². The van der Waals surface area contributed by atoms with Crippen LogP contribution in [0.15, 0.2) is 59.8 Å². The minimum Gasteiger partial charge on any atom is -0.309 e. The summed E-state index contributed by atoms with van der Waals surface area (Å²) in [7, 11) is 2.07. The van der Waals surface area contributed by atoms with Gasteiger partial charge in [0.2, 0.25) is 0 Å². The van der Waals surface area contributed by atoms with E-state index in [1.54, 1.807) is 11.8 Å². The highest BCUT2D eigenvalue weighted by Gasteiger charge is 2.26. The molecule has 1 aliphatic rings. The van der Waals surface area contributed by atoms with Gasteiger partial charge in [0, 0.05) is 31.8 Å².